The summed E-state index contributed by atoms with van der Waals surface area (Å²) in [4.78, 5) is 13.5. The first-order valence-corrected chi connectivity index (χ1v) is 7.09. The van der Waals surface area contributed by atoms with Gasteiger partial charge in [0, 0.05) is 40.4 Å². The third-order valence-corrected chi connectivity index (χ3v) is 3.83. The molecule has 0 atom stereocenters. The number of nitro groups is 1. The minimum atomic E-state index is -0.411. The summed E-state index contributed by atoms with van der Waals surface area (Å²) in [6.45, 7) is 0. The van der Waals surface area contributed by atoms with Crippen molar-refractivity contribution in [1.82, 2.24) is 15.2 Å². The highest BCUT2D eigenvalue weighted by atomic mass is 16.6. The van der Waals surface area contributed by atoms with Crippen LogP contribution in [0.25, 0.3) is 33.4 Å². The average molecular weight is 304 g/mol. The van der Waals surface area contributed by atoms with Crippen LogP contribution in [-0.4, -0.2) is 20.1 Å². The Hall–Kier alpha value is -3.41. The van der Waals surface area contributed by atoms with Gasteiger partial charge in [-0.05, 0) is 24.3 Å². The van der Waals surface area contributed by atoms with Gasteiger partial charge >= 0.3 is 0 Å². The molecule has 112 valence electrons. The number of hydrogen-bond donors (Lipinski definition) is 2. The molecule has 0 aliphatic carbocycles. The van der Waals surface area contributed by atoms with E-state index in [0.717, 1.165) is 33.4 Å². The fourth-order valence-electron chi connectivity index (χ4n) is 2.66. The molecule has 0 spiro atoms. The van der Waals surface area contributed by atoms with Crippen molar-refractivity contribution in [3.63, 3.8) is 0 Å². The van der Waals surface area contributed by atoms with Crippen molar-refractivity contribution in [2.24, 2.45) is 0 Å². The fraction of sp³-hybridized carbons (Fsp3) is 0. The maximum absolute atomic E-state index is 10.7. The molecule has 0 bridgehead atoms. The molecule has 6 heteroatoms. The molecule has 2 aromatic carbocycles. The SMILES string of the molecule is O=[N+]([O-])c1ccc(-c2cc(-c3c[nH]c4ccccc34)[nH]n2)cc1. The summed E-state index contributed by atoms with van der Waals surface area (Å²) >= 11 is 0. The summed E-state index contributed by atoms with van der Waals surface area (Å²) in [7, 11) is 0. The van der Waals surface area contributed by atoms with Crippen LogP contribution in [0.4, 0.5) is 5.69 Å². The van der Waals surface area contributed by atoms with E-state index in [0.29, 0.717) is 0 Å². The monoisotopic (exact) mass is 304 g/mol. The first-order valence-electron chi connectivity index (χ1n) is 7.09. The molecule has 0 amide bonds. The molecule has 0 aliphatic heterocycles. The molecule has 6 nitrogen and oxygen atoms in total. The molecule has 0 radical (unpaired) electrons. The molecule has 2 aromatic heterocycles. The Morgan fingerprint density at radius 3 is 2.61 bits per heavy atom. The van der Waals surface area contributed by atoms with Crippen LogP contribution in [0, 0.1) is 10.1 Å². The molecule has 2 heterocycles. The zero-order chi connectivity index (χ0) is 15.8. The highest BCUT2D eigenvalue weighted by molar-refractivity contribution is 5.95. The number of aromatic amines is 2. The van der Waals surface area contributed by atoms with Gasteiger partial charge in [-0.2, -0.15) is 5.10 Å². The molecule has 0 fully saturated rings. The highest BCUT2D eigenvalue weighted by Gasteiger charge is 2.11. The van der Waals surface area contributed by atoms with E-state index in [2.05, 4.69) is 15.2 Å². The van der Waals surface area contributed by atoms with Crippen molar-refractivity contribution in [3.8, 4) is 22.5 Å². The molecule has 0 saturated heterocycles. The summed E-state index contributed by atoms with van der Waals surface area (Å²) < 4.78 is 0. The summed E-state index contributed by atoms with van der Waals surface area (Å²) in [5, 5.41) is 19.2. The van der Waals surface area contributed by atoms with Crippen molar-refractivity contribution in [2.75, 3.05) is 0 Å². The van der Waals surface area contributed by atoms with Gasteiger partial charge in [-0.3, -0.25) is 15.2 Å². The lowest BCUT2D eigenvalue weighted by Gasteiger charge is -1.95. The summed E-state index contributed by atoms with van der Waals surface area (Å²) in [5.74, 6) is 0. The van der Waals surface area contributed by atoms with Crippen LogP contribution in [0.3, 0.4) is 0 Å². The molecule has 23 heavy (non-hydrogen) atoms. The molecular weight excluding hydrogens is 292 g/mol. The van der Waals surface area contributed by atoms with E-state index in [-0.39, 0.29) is 5.69 Å². The fourth-order valence-corrected chi connectivity index (χ4v) is 2.66. The molecule has 0 saturated carbocycles. The van der Waals surface area contributed by atoms with E-state index in [1.165, 1.54) is 12.1 Å². The van der Waals surface area contributed by atoms with E-state index in [9.17, 15) is 10.1 Å². The number of rotatable bonds is 3. The van der Waals surface area contributed by atoms with Gasteiger partial charge in [0.05, 0.1) is 16.3 Å². The second-order valence-corrected chi connectivity index (χ2v) is 5.22. The lowest BCUT2D eigenvalue weighted by atomic mass is 10.1. The quantitative estimate of drug-likeness (QED) is 0.440. The van der Waals surface area contributed by atoms with Crippen molar-refractivity contribution in [2.45, 2.75) is 0 Å². The Balaban J connectivity index is 1.73. The third-order valence-electron chi connectivity index (χ3n) is 3.83. The molecular formula is C17H12N4O2. The Morgan fingerprint density at radius 2 is 1.83 bits per heavy atom. The number of para-hydroxylation sites is 1. The molecule has 0 unspecified atom stereocenters. The third kappa shape index (κ3) is 2.26. The number of non-ortho nitro benzene ring substituents is 1. The van der Waals surface area contributed by atoms with Crippen molar-refractivity contribution >= 4 is 16.6 Å². The number of nitrogens with zero attached hydrogens (tertiary/aromatic N) is 2. The minimum absolute atomic E-state index is 0.0705. The van der Waals surface area contributed by atoms with Crippen LogP contribution >= 0.6 is 0 Å². The van der Waals surface area contributed by atoms with E-state index in [4.69, 9.17) is 0 Å². The van der Waals surface area contributed by atoms with E-state index in [1.807, 2.05) is 36.5 Å². The normalized spacial score (nSPS) is 11.0. The summed E-state index contributed by atoms with van der Waals surface area (Å²) in [6.07, 6.45) is 1.94. The lowest BCUT2D eigenvalue weighted by Crippen LogP contribution is -1.87. The zero-order valence-electron chi connectivity index (χ0n) is 12.0. The number of benzene rings is 2. The Bertz CT molecular complexity index is 999. The van der Waals surface area contributed by atoms with Gasteiger partial charge in [0.15, 0.2) is 0 Å². The lowest BCUT2D eigenvalue weighted by molar-refractivity contribution is -0.384. The van der Waals surface area contributed by atoms with Gasteiger partial charge in [-0.15, -0.1) is 0 Å². The number of H-pyrrole nitrogens is 2. The maximum atomic E-state index is 10.7. The predicted octanol–water partition coefficient (Wildman–Crippen LogP) is 4.13. The first kappa shape index (κ1) is 13.3. The molecule has 4 rings (SSSR count). The number of fused-ring (bicyclic) bond motifs is 1. The first-order chi connectivity index (χ1) is 11.2. The minimum Gasteiger partial charge on any atom is -0.360 e. The largest absolute Gasteiger partial charge is 0.360 e. The van der Waals surface area contributed by atoms with E-state index < -0.39 is 4.92 Å². The van der Waals surface area contributed by atoms with Crippen molar-refractivity contribution < 1.29 is 4.92 Å². The number of nitro benzene ring substituents is 1. The van der Waals surface area contributed by atoms with E-state index >= 15 is 0 Å². The molecule has 4 aromatic rings. The average Bonchev–Trinajstić information content (AvgIpc) is 3.21. The number of aromatic nitrogens is 3. The van der Waals surface area contributed by atoms with Crippen LogP contribution < -0.4 is 0 Å². The second-order valence-electron chi connectivity index (χ2n) is 5.22. The van der Waals surface area contributed by atoms with Crippen molar-refractivity contribution in [3.05, 3.63) is 70.9 Å². The topological polar surface area (TPSA) is 87.6 Å². The zero-order valence-corrected chi connectivity index (χ0v) is 12.0. The van der Waals surface area contributed by atoms with Crippen LogP contribution in [0.2, 0.25) is 0 Å². The molecule has 0 aliphatic rings. The van der Waals surface area contributed by atoms with Crippen LogP contribution in [-0.2, 0) is 0 Å². The van der Waals surface area contributed by atoms with Crippen molar-refractivity contribution in [1.29, 1.82) is 0 Å². The highest BCUT2D eigenvalue weighted by Crippen LogP contribution is 2.30. The van der Waals surface area contributed by atoms with Crippen LogP contribution in [0.5, 0.6) is 0 Å². The van der Waals surface area contributed by atoms with E-state index in [1.54, 1.807) is 12.1 Å². The Kier molecular flexibility index (Phi) is 2.94. The number of nitrogens with one attached hydrogen (secondary N) is 2. The van der Waals surface area contributed by atoms with Gasteiger partial charge in [-0.25, -0.2) is 0 Å². The van der Waals surface area contributed by atoms with Gasteiger partial charge in [0.2, 0.25) is 0 Å². The maximum Gasteiger partial charge on any atom is 0.269 e. The Labute approximate surface area is 130 Å². The van der Waals surface area contributed by atoms with Gasteiger partial charge in [0.1, 0.15) is 0 Å². The predicted molar refractivity (Wildman–Crippen MR) is 88.0 cm³/mol. The van der Waals surface area contributed by atoms with Gasteiger partial charge in [0.25, 0.3) is 5.69 Å². The summed E-state index contributed by atoms with van der Waals surface area (Å²) in [6, 6.07) is 16.4. The van der Waals surface area contributed by atoms with Crippen LogP contribution in [0.1, 0.15) is 0 Å². The summed E-state index contributed by atoms with van der Waals surface area (Å²) in [5.41, 5.74) is 4.66. The van der Waals surface area contributed by atoms with Crippen LogP contribution in [0.15, 0.2) is 60.8 Å². The van der Waals surface area contributed by atoms with Gasteiger partial charge in [-0.1, -0.05) is 18.2 Å². The number of hydrogen-bond acceptors (Lipinski definition) is 3. The smallest absolute Gasteiger partial charge is 0.269 e. The standard InChI is InChI=1S/C17H12N4O2/c22-21(23)12-7-5-11(6-8-12)16-9-17(20-19-16)14-10-18-15-4-2-1-3-13(14)15/h1-10,18H,(H,19,20). The molecule has 2 N–H and O–H groups in total. The Morgan fingerprint density at radius 1 is 1.04 bits per heavy atom. The second kappa shape index (κ2) is 5.10. The van der Waals surface area contributed by atoms with Gasteiger partial charge < -0.3 is 4.98 Å².